The standard InChI is InChI=1S/C14H20N2O3S2/c1-20-9-4-2-3-7-16-21(18,19)14-10-13(6-5-8-17)11-15-12-14/h10-12,16-17H,2-4,7-9H2,1H3. The zero-order valence-corrected chi connectivity index (χ0v) is 13.6. The van der Waals surface area contributed by atoms with Gasteiger partial charge in [0.2, 0.25) is 10.0 Å². The largest absolute Gasteiger partial charge is 0.384 e. The van der Waals surface area contributed by atoms with E-state index in [0.717, 1.165) is 25.0 Å². The van der Waals surface area contributed by atoms with Gasteiger partial charge in [-0.3, -0.25) is 4.98 Å². The van der Waals surface area contributed by atoms with Crippen LogP contribution in [0.25, 0.3) is 0 Å². The van der Waals surface area contributed by atoms with Crippen molar-refractivity contribution in [3.05, 3.63) is 24.0 Å². The van der Waals surface area contributed by atoms with Crippen LogP contribution in [0.4, 0.5) is 0 Å². The number of sulfonamides is 1. The van der Waals surface area contributed by atoms with Crippen molar-refractivity contribution >= 4 is 21.8 Å². The van der Waals surface area contributed by atoms with E-state index < -0.39 is 10.0 Å². The second kappa shape index (κ2) is 9.79. The number of thioether (sulfide) groups is 1. The summed E-state index contributed by atoms with van der Waals surface area (Å²) in [6, 6.07) is 1.45. The van der Waals surface area contributed by atoms with Gasteiger partial charge in [0.1, 0.15) is 11.5 Å². The van der Waals surface area contributed by atoms with Crippen LogP contribution in [-0.4, -0.2) is 43.7 Å². The third-order valence-corrected chi connectivity index (χ3v) is 4.78. The van der Waals surface area contributed by atoms with E-state index in [9.17, 15) is 8.42 Å². The molecule has 0 aromatic carbocycles. The maximum atomic E-state index is 12.1. The smallest absolute Gasteiger partial charge is 0.242 e. The molecule has 1 aromatic rings. The summed E-state index contributed by atoms with van der Waals surface area (Å²) in [4.78, 5) is 3.96. The molecule has 0 aliphatic rings. The second-order valence-electron chi connectivity index (χ2n) is 4.32. The zero-order valence-electron chi connectivity index (χ0n) is 12.0. The Morgan fingerprint density at radius 3 is 2.86 bits per heavy atom. The molecular weight excluding hydrogens is 308 g/mol. The molecule has 1 rings (SSSR count). The molecule has 0 bridgehead atoms. The van der Waals surface area contributed by atoms with Gasteiger partial charge in [0.25, 0.3) is 0 Å². The van der Waals surface area contributed by atoms with E-state index in [1.807, 2.05) is 0 Å². The second-order valence-corrected chi connectivity index (χ2v) is 7.07. The van der Waals surface area contributed by atoms with Crippen molar-refractivity contribution in [2.45, 2.75) is 24.2 Å². The van der Waals surface area contributed by atoms with Crippen LogP contribution < -0.4 is 4.72 Å². The van der Waals surface area contributed by atoms with E-state index in [1.54, 1.807) is 11.8 Å². The first-order chi connectivity index (χ1) is 10.1. The van der Waals surface area contributed by atoms with Gasteiger partial charge in [-0.1, -0.05) is 18.3 Å². The normalized spacial score (nSPS) is 11.0. The molecule has 0 aliphatic carbocycles. The summed E-state index contributed by atoms with van der Waals surface area (Å²) in [5.74, 6) is 6.20. The summed E-state index contributed by atoms with van der Waals surface area (Å²) < 4.78 is 26.8. The molecule has 1 aromatic heterocycles. The average molecular weight is 328 g/mol. The highest BCUT2D eigenvalue weighted by molar-refractivity contribution is 7.98. The Hall–Kier alpha value is -1.07. The quantitative estimate of drug-likeness (QED) is 0.554. The summed E-state index contributed by atoms with van der Waals surface area (Å²) in [7, 11) is -3.55. The van der Waals surface area contributed by atoms with Crippen LogP contribution in [0.1, 0.15) is 24.8 Å². The highest BCUT2D eigenvalue weighted by Gasteiger charge is 2.13. The third kappa shape index (κ3) is 6.96. The number of pyridine rings is 1. The fourth-order valence-corrected chi connectivity index (χ4v) is 3.17. The van der Waals surface area contributed by atoms with Crippen molar-refractivity contribution in [1.29, 1.82) is 0 Å². The van der Waals surface area contributed by atoms with Gasteiger partial charge in [0.15, 0.2) is 0 Å². The fourth-order valence-electron chi connectivity index (χ4n) is 1.61. The van der Waals surface area contributed by atoms with Gasteiger partial charge in [-0.2, -0.15) is 11.8 Å². The minimum atomic E-state index is -3.55. The molecule has 7 heteroatoms. The first-order valence-corrected chi connectivity index (χ1v) is 9.51. The first kappa shape index (κ1) is 18.0. The lowest BCUT2D eigenvalue weighted by atomic mass is 10.2. The van der Waals surface area contributed by atoms with Gasteiger partial charge in [0.05, 0.1) is 0 Å². The van der Waals surface area contributed by atoms with Crippen molar-refractivity contribution in [1.82, 2.24) is 9.71 Å². The minimum Gasteiger partial charge on any atom is -0.384 e. The lowest BCUT2D eigenvalue weighted by Crippen LogP contribution is -2.25. The van der Waals surface area contributed by atoms with Gasteiger partial charge in [-0.15, -0.1) is 0 Å². The predicted molar refractivity (Wildman–Crippen MR) is 85.6 cm³/mol. The van der Waals surface area contributed by atoms with Crippen molar-refractivity contribution in [2.24, 2.45) is 0 Å². The average Bonchev–Trinajstić information content (AvgIpc) is 2.49. The molecule has 0 amide bonds. The Balaban J connectivity index is 2.57. The summed E-state index contributed by atoms with van der Waals surface area (Å²) >= 11 is 1.79. The van der Waals surface area contributed by atoms with Gasteiger partial charge in [0, 0.05) is 24.5 Å². The summed E-state index contributed by atoms with van der Waals surface area (Å²) in [5.41, 5.74) is 0.465. The molecule has 0 saturated carbocycles. The monoisotopic (exact) mass is 328 g/mol. The highest BCUT2D eigenvalue weighted by Crippen LogP contribution is 2.09. The van der Waals surface area contributed by atoms with E-state index in [0.29, 0.717) is 12.1 Å². The number of nitrogens with one attached hydrogen (secondary N) is 1. The molecule has 1 heterocycles. The number of rotatable bonds is 8. The summed E-state index contributed by atoms with van der Waals surface area (Å²) in [6.07, 6.45) is 7.73. The molecular formula is C14H20N2O3S2. The van der Waals surface area contributed by atoms with Crippen molar-refractivity contribution in [3.63, 3.8) is 0 Å². The molecule has 2 N–H and O–H groups in total. The molecule has 0 spiro atoms. The van der Waals surface area contributed by atoms with E-state index in [-0.39, 0.29) is 11.5 Å². The van der Waals surface area contributed by atoms with E-state index >= 15 is 0 Å². The summed E-state index contributed by atoms with van der Waals surface area (Å²) in [5, 5.41) is 8.64. The Bertz CT molecular complexity index is 592. The Morgan fingerprint density at radius 1 is 1.33 bits per heavy atom. The molecule has 21 heavy (non-hydrogen) atoms. The molecule has 0 atom stereocenters. The van der Waals surface area contributed by atoms with Crippen LogP contribution in [0, 0.1) is 11.8 Å². The molecule has 0 radical (unpaired) electrons. The number of unbranched alkanes of at least 4 members (excludes halogenated alkanes) is 2. The van der Waals surface area contributed by atoms with Crippen LogP contribution in [0.15, 0.2) is 23.4 Å². The molecule has 0 aliphatic heterocycles. The number of aliphatic hydroxyl groups excluding tert-OH is 1. The number of aromatic nitrogens is 1. The molecule has 0 saturated heterocycles. The minimum absolute atomic E-state index is 0.0938. The van der Waals surface area contributed by atoms with Crippen LogP contribution in [0.5, 0.6) is 0 Å². The fraction of sp³-hybridized carbons (Fsp3) is 0.500. The van der Waals surface area contributed by atoms with Crippen molar-refractivity contribution < 1.29 is 13.5 Å². The lowest BCUT2D eigenvalue weighted by molar-refractivity contribution is 0.350. The maximum Gasteiger partial charge on any atom is 0.242 e. The summed E-state index contributed by atoms with van der Waals surface area (Å²) in [6.45, 7) is 0.147. The zero-order chi connectivity index (χ0) is 15.6. The number of nitrogens with zero attached hydrogens (tertiary/aromatic N) is 1. The van der Waals surface area contributed by atoms with Crippen molar-refractivity contribution in [2.75, 3.05) is 25.2 Å². The van der Waals surface area contributed by atoms with Crippen LogP contribution in [0.2, 0.25) is 0 Å². The lowest BCUT2D eigenvalue weighted by Gasteiger charge is -2.06. The SMILES string of the molecule is CSCCCCCNS(=O)(=O)c1cncc(C#CCO)c1. The molecule has 5 nitrogen and oxygen atoms in total. The van der Waals surface area contributed by atoms with Gasteiger partial charge >= 0.3 is 0 Å². The topological polar surface area (TPSA) is 79.3 Å². The Morgan fingerprint density at radius 2 is 2.14 bits per heavy atom. The van der Waals surface area contributed by atoms with Gasteiger partial charge < -0.3 is 5.11 Å². The number of aliphatic hydroxyl groups is 1. The molecule has 116 valence electrons. The third-order valence-electron chi connectivity index (χ3n) is 2.65. The number of hydrogen-bond acceptors (Lipinski definition) is 5. The molecule has 0 fully saturated rings. The first-order valence-electron chi connectivity index (χ1n) is 6.63. The Kier molecular flexibility index (Phi) is 8.38. The van der Waals surface area contributed by atoms with Crippen molar-refractivity contribution in [3.8, 4) is 11.8 Å². The predicted octanol–water partition coefficient (Wildman–Crippen LogP) is 1.24. The maximum absolute atomic E-state index is 12.1. The van der Waals surface area contributed by atoms with Gasteiger partial charge in [-0.05, 0) is 30.9 Å². The van der Waals surface area contributed by atoms with E-state index in [4.69, 9.17) is 5.11 Å². The van der Waals surface area contributed by atoms with Crippen LogP contribution >= 0.6 is 11.8 Å². The Labute approximate surface area is 130 Å². The van der Waals surface area contributed by atoms with E-state index in [2.05, 4.69) is 27.8 Å². The molecule has 0 unspecified atom stereocenters. The van der Waals surface area contributed by atoms with E-state index in [1.165, 1.54) is 18.5 Å². The highest BCUT2D eigenvalue weighted by atomic mass is 32.2. The van der Waals surface area contributed by atoms with Crippen LogP contribution in [-0.2, 0) is 10.0 Å². The van der Waals surface area contributed by atoms with Gasteiger partial charge in [-0.25, -0.2) is 13.1 Å². The number of hydrogen-bond donors (Lipinski definition) is 2. The van der Waals surface area contributed by atoms with Crippen LogP contribution in [0.3, 0.4) is 0 Å².